The van der Waals surface area contributed by atoms with Crippen molar-refractivity contribution in [1.82, 2.24) is 14.8 Å². The van der Waals surface area contributed by atoms with Crippen molar-refractivity contribution in [3.63, 3.8) is 0 Å². The van der Waals surface area contributed by atoms with Gasteiger partial charge in [-0.25, -0.2) is 0 Å². The number of aliphatic hydroxyl groups is 1. The van der Waals surface area contributed by atoms with Gasteiger partial charge in [0.2, 0.25) is 0 Å². The van der Waals surface area contributed by atoms with E-state index >= 15 is 0 Å². The van der Waals surface area contributed by atoms with Crippen molar-refractivity contribution in [2.24, 2.45) is 0 Å². The molecule has 0 bridgehead atoms. The zero-order chi connectivity index (χ0) is 14.8. The van der Waals surface area contributed by atoms with Crippen LogP contribution in [-0.2, 0) is 0 Å². The third-order valence-corrected chi connectivity index (χ3v) is 3.36. The van der Waals surface area contributed by atoms with Crippen LogP contribution in [0.25, 0.3) is 0 Å². The van der Waals surface area contributed by atoms with E-state index in [1.807, 2.05) is 0 Å². The summed E-state index contributed by atoms with van der Waals surface area (Å²) in [5.41, 5.74) is 6.02. The van der Waals surface area contributed by atoms with E-state index in [1.165, 1.54) is 6.20 Å². The van der Waals surface area contributed by atoms with Crippen LogP contribution in [0.2, 0.25) is 0 Å². The van der Waals surface area contributed by atoms with Gasteiger partial charge in [-0.3, -0.25) is 14.7 Å². The van der Waals surface area contributed by atoms with Gasteiger partial charge < -0.3 is 15.7 Å². The topological polar surface area (TPSA) is 82.7 Å². The molecule has 0 unspecified atom stereocenters. The molecule has 3 N–H and O–H groups in total. The number of pyridine rings is 1. The third kappa shape index (κ3) is 3.68. The first-order valence-electron chi connectivity index (χ1n) is 6.80. The molecule has 1 aliphatic rings. The molecule has 1 saturated heterocycles. The highest BCUT2D eigenvalue weighted by Crippen LogP contribution is 2.15. The molecular weight excluding hydrogens is 256 g/mol. The lowest BCUT2D eigenvalue weighted by atomic mass is 10.1. The van der Waals surface area contributed by atoms with E-state index in [0.717, 1.165) is 13.1 Å². The van der Waals surface area contributed by atoms with E-state index in [-0.39, 0.29) is 5.91 Å². The van der Waals surface area contributed by atoms with Gasteiger partial charge in [-0.05, 0) is 19.9 Å². The minimum Gasteiger partial charge on any atom is -0.398 e. The summed E-state index contributed by atoms with van der Waals surface area (Å²) >= 11 is 0. The minimum absolute atomic E-state index is 0.0708. The maximum atomic E-state index is 12.4. The number of hydrogen-bond donors (Lipinski definition) is 2. The number of amides is 1. The number of β-amino-alcohol motifs (C(OH)–C–C–N with tert-alkyl or cyclic N) is 1. The van der Waals surface area contributed by atoms with E-state index in [0.29, 0.717) is 30.9 Å². The maximum Gasteiger partial charge on any atom is 0.257 e. The van der Waals surface area contributed by atoms with E-state index in [9.17, 15) is 9.90 Å². The highest BCUT2D eigenvalue weighted by atomic mass is 16.3. The summed E-state index contributed by atoms with van der Waals surface area (Å²) in [4.78, 5) is 20.3. The van der Waals surface area contributed by atoms with Crippen molar-refractivity contribution < 1.29 is 9.90 Å². The first-order chi connectivity index (χ1) is 9.37. The Kier molecular flexibility index (Phi) is 4.25. The largest absolute Gasteiger partial charge is 0.398 e. The van der Waals surface area contributed by atoms with Gasteiger partial charge in [-0.15, -0.1) is 0 Å². The molecule has 0 spiro atoms. The van der Waals surface area contributed by atoms with Gasteiger partial charge in [0.15, 0.2) is 0 Å². The van der Waals surface area contributed by atoms with Gasteiger partial charge in [-0.2, -0.15) is 0 Å². The lowest BCUT2D eigenvalue weighted by Gasteiger charge is -2.37. The number of rotatable bonds is 3. The quantitative estimate of drug-likeness (QED) is 0.825. The van der Waals surface area contributed by atoms with Crippen LogP contribution in [0.3, 0.4) is 0 Å². The van der Waals surface area contributed by atoms with Crippen LogP contribution < -0.4 is 5.73 Å². The Morgan fingerprint density at radius 3 is 2.60 bits per heavy atom. The van der Waals surface area contributed by atoms with Crippen LogP contribution in [0.4, 0.5) is 5.69 Å². The standard InChI is InChI=1S/C14H22N4O2/c1-14(2,20)10-17-5-7-18(8-6-17)13(19)11-9-16-4-3-12(11)15/h3-4,9,20H,5-8,10H2,1-2H3,(H2,15,16). The summed E-state index contributed by atoms with van der Waals surface area (Å²) in [7, 11) is 0. The highest BCUT2D eigenvalue weighted by Gasteiger charge is 2.26. The van der Waals surface area contributed by atoms with Gasteiger partial charge >= 0.3 is 0 Å². The van der Waals surface area contributed by atoms with Crippen molar-refractivity contribution in [2.45, 2.75) is 19.4 Å². The average molecular weight is 278 g/mol. The Hall–Kier alpha value is -1.66. The fourth-order valence-corrected chi connectivity index (χ4v) is 2.41. The van der Waals surface area contributed by atoms with Crippen molar-refractivity contribution in [1.29, 1.82) is 0 Å². The van der Waals surface area contributed by atoms with Crippen LogP contribution in [0.15, 0.2) is 18.5 Å². The number of nitrogens with zero attached hydrogens (tertiary/aromatic N) is 3. The molecule has 1 aliphatic heterocycles. The van der Waals surface area contributed by atoms with Crippen LogP contribution in [0.1, 0.15) is 24.2 Å². The van der Waals surface area contributed by atoms with Crippen molar-refractivity contribution >= 4 is 11.6 Å². The summed E-state index contributed by atoms with van der Waals surface area (Å²) in [5, 5.41) is 9.81. The molecule has 6 nitrogen and oxygen atoms in total. The molecule has 20 heavy (non-hydrogen) atoms. The second-order valence-electron chi connectivity index (χ2n) is 5.84. The average Bonchev–Trinajstić information content (AvgIpc) is 2.37. The predicted molar refractivity (Wildman–Crippen MR) is 77.3 cm³/mol. The van der Waals surface area contributed by atoms with Crippen molar-refractivity contribution in [2.75, 3.05) is 38.5 Å². The Bertz CT molecular complexity index is 476. The molecule has 2 heterocycles. The Morgan fingerprint density at radius 1 is 1.40 bits per heavy atom. The van der Waals surface area contributed by atoms with E-state index in [1.54, 1.807) is 31.0 Å². The zero-order valence-electron chi connectivity index (χ0n) is 12.0. The maximum absolute atomic E-state index is 12.4. The summed E-state index contributed by atoms with van der Waals surface area (Å²) in [5.74, 6) is -0.0708. The minimum atomic E-state index is -0.708. The van der Waals surface area contributed by atoms with Gasteiger partial charge in [0.25, 0.3) is 5.91 Å². The Labute approximate surface area is 119 Å². The fourth-order valence-electron chi connectivity index (χ4n) is 2.41. The number of nitrogen functional groups attached to an aromatic ring is 1. The molecule has 0 aromatic carbocycles. The SMILES string of the molecule is CC(C)(O)CN1CCN(C(=O)c2cnccc2N)CC1. The van der Waals surface area contributed by atoms with Crippen LogP contribution >= 0.6 is 0 Å². The van der Waals surface area contributed by atoms with E-state index in [2.05, 4.69) is 9.88 Å². The van der Waals surface area contributed by atoms with Gasteiger partial charge in [-0.1, -0.05) is 0 Å². The molecule has 0 aliphatic carbocycles. The van der Waals surface area contributed by atoms with Crippen molar-refractivity contribution in [3.05, 3.63) is 24.0 Å². The number of nitrogens with two attached hydrogens (primary N) is 1. The molecule has 1 aromatic rings. The van der Waals surface area contributed by atoms with Crippen LogP contribution in [0, 0.1) is 0 Å². The second kappa shape index (κ2) is 5.76. The molecule has 0 radical (unpaired) electrons. The van der Waals surface area contributed by atoms with Crippen molar-refractivity contribution in [3.8, 4) is 0 Å². The molecule has 0 atom stereocenters. The normalized spacial score (nSPS) is 17.2. The Morgan fingerprint density at radius 2 is 2.05 bits per heavy atom. The molecule has 1 amide bonds. The number of hydrogen-bond acceptors (Lipinski definition) is 5. The van der Waals surface area contributed by atoms with Gasteiger partial charge in [0.1, 0.15) is 0 Å². The summed E-state index contributed by atoms with van der Waals surface area (Å²) in [6, 6.07) is 1.64. The predicted octanol–water partition coefficient (Wildman–Crippen LogP) is 0.193. The monoisotopic (exact) mass is 278 g/mol. The molecule has 1 aromatic heterocycles. The number of carbonyl (C=O) groups excluding carboxylic acids is 1. The zero-order valence-corrected chi connectivity index (χ0v) is 12.0. The molecule has 6 heteroatoms. The molecule has 110 valence electrons. The molecule has 2 rings (SSSR count). The Balaban J connectivity index is 1.94. The number of carbonyl (C=O) groups is 1. The second-order valence-corrected chi connectivity index (χ2v) is 5.84. The lowest BCUT2D eigenvalue weighted by molar-refractivity contribution is 0.0179. The summed E-state index contributed by atoms with van der Waals surface area (Å²) < 4.78 is 0. The number of anilines is 1. The first-order valence-corrected chi connectivity index (χ1v) is 6.80. The van der Waals surface area contributed by atoms with Crippen LogP contribution in [0.5, 0.6) is 0 Å². The molecule has 1 fully saturated rings. The third-order valence-electron chi connectivity index (χ3n) is 3.36. The van der Waals surface area contributed by atoms with E-state index in [4.69, 9.17) is 5.73 Å². The van der Waals surface area contributed by atoms with Gasteiger partial charge in [0.05, 0.1) is 11.2 Å². The fraction of sp³-hybridized carbons (Fsp3) is 0.571. The van der Waals surface area contributed by atoms with Crippen LogP contribution in [-0.4, -0.2) is 64.1 Å². The number of piperazine rings is 1. The van der Waals surface area contributed by atoms with E-state index < -0.39 is 5.60 Å². The summed E-state index contributed by atoms with van der Waals surface area (Å²) in [6.45, 7) is 7.00. The summed E-state index contributed by atoms with van der Waals surface area (Å²) in [6.07, 6.45) is 3.09. The molecular formula is C14H22N4O2. The van der Waals surface area contributed by atoms with Gasteiger partial charge in [0, 0.05) is 50.8 Å². The number of aromatic nitrogens is 1. The smallest absolute Gasteiger partial charge is 0.257 e. The highest BCUT2D eigenvalue weighted by molar-refractivity contribution is 5.98. The first kappa shape index (κ1) is 14.7. The molecule has 0 saturated carbocycles. The lowest BCUT2D eigenvalue weighted by Crippen LogP contribution is -2.52.